The molecule has 1 N–H and O–H groups in total. The average molecular weight is 356 g/mol. The summed E-state index contributed by atoms with van der Waals surface area (Å²) in [6.45, 7) is 0. The van der Waals surface area contributed by atoms with Crippen molar-refractivity contribution in [1.29, 1.82) is 0 Å². The van der Waals surface area contributed by atoms with Gasteiger partial charge in [-0.3, -0.25) is 0 Å². The first-order valence-electron chi connectivity index (χ1n) is 9.73. The van der Waals surface area contributed by atoms with E-state index in [1.54, 1.807) is 0 Å². The smallest absolute Gasteiger partial charge is 0.142 e. The Morgan fingerprint density at radius 1 is 0.536 bits per heavy atom. The topological polar surface area (TPSA) is 20.7 Å². The molecule has 0 unspecified atom stereocenters. The number of fused-ring (bicyclic) bond motifs is 7. The standard InChI is InChI=1S/C24H18B2N2/c25-19-10-4-8-15-16-12-13-18-17-9-5-11-20(26)23(17)28(14-6-2-1-3-7-14)24(18)22(16)27-21(15)19/h1-13,27H,25-26H2. The Morgan fingerprint density at radius 2 is 1.18 bits per heavy atom. The summed E-state index contributed by atoms with van der Waals surface area (Å²) in [5.41, 5.74) is 8.74. The second kappa shape index (κ2) is 5.56. The predicted molar refractivity (Wildman–Crippen MR) is 126 cm³/mol. The summed E-state index contributed by atoms with van der Waals surface area (Å²) in [4.78, 5) is 3.76. The summed E-state index contributed by atoms with van der Waals surface area (Å²) in [6, 6.07) is 28.4. The monoisotopic (exact) mass is 356 g/mol. The van der Waals surface area contributed by atoms with Crippen molar-refractivity contribution in [3.05, 3.63) is 78.9 Å². The van der Waals surface area contributed by atoms with Crippen molar-refractivity contribution in [3.63, 3.8) is 0 Å². The van der Waals surface area contributed by atoms with Gasteiger partial charge >= 0.3 is 0 Å². The van der Waals surface area contributed by atoms with E-state index in [4.69, 9.17) is 0 Å². The zero-order valence-corrected chi connectivity index (χ0v) is 16.0. The molecule has 0 fully saturated rings. The summed E-state index contributed by atoms with van der Waals surface area (Å²) in [6.07, 6.45) is 0. The van der Waals surface area contributed by atoms with Crippen molar-refractivity contribution in [3.8, 4) is 5.69 Å². The molecule has 4 heteroatoms. The number of nitrogens with one attached hydrogen (secondary N) is 1. The highest BCUT2D eigenvalue weighted by Crippen LogP contribution is 2.37. The van der Waals surface area contributed by atoms with Crippen LogP contribution in [0, 0.1) is 0 Å². The maximum absolute atomic E-state index is 3.76. The van der Waals surface area contributed by atoms with E-state index in [0.717, 1.165) is 0 Å². The van der Waals surface area contributed by atoms with Gasteiger partial charge in [0.05, 0.1) is 11.0 Å². The van der Waals surface area contributed by atoms with Gasteiger partial charge in [-0.1, -0.05) is 77.7 Å². The van der Waals surface area contributed by atoms with Crippen molar-refractivity contribution in [2.45, 2.75) is 0 Å². The lowest BCUT2D eigenvalue weighted by atomic mass is 9.93. The van der Waals surface area contributed by atoms with Gasteiger partial charge < -0.3 is 9.55 Å². The lowest BCUT2D eigenvalue weighted by molar-refractivity contribution is 1.19. The molecule has 0 aliphatic carbocycles. The van der Waals surface area contributed by atoms with E-state index in [1.165, 1.54) is 60.2 Å². The highest BCUT2D eigenvalue weighted by atomic mass is 15.0. The lowest BCUT2D eigenvalue weighted by Crippen LogP contribution is -2.08. The fraction of sp³-hybridized carbons (Fsp3) is 0. The number of aromatic nitrogens is 2. The molecule has 0 saturated carbocycles. The highest BCUT2D eigenvalue weighted by molar-refractivity contribution is 6.42. The minimum absolute atomic E-state index is 1.19. The SMILES string of the molecule is Bc1cccc2c1[nH]c1c2ccc2c3cccc(B)c3n(-c3ccccc3)c21. The van der Waals surface area contributed by atoms with E-state index in [2.05, 4.69) is 104 Å². The summed E-state index contributed by atoms with van der Waals surface area (Å²) < 4.78 is 2.42. The fourth-order valence-electron chi connectivity index (χ4n) is 4.70. The van der Waals surface area contributed by atoms with E-state index < -0.39 is 0 Å². The van der Waals surface area contributed by atoms with Crippen LogP contribution >= 0.6 is 0 Å². The number of aromatic amines is 1. The van der Waals surface area contributed by atoms with Crippen LogP contribution in [-0.2, 0) is 0 Å². The molecule has 0 saturated heterocycles. The summed E-state index contributed by atoms with van der Waals surface area (Å²) in [5.74, 6) is 0. The quantitative estimate of drug-likeness (QED) is 0.438. The minimum Gasteiger partial charge on any atom is -0.353 e. The Bertz CT molecular complexity index is 1520. The van der Waals surface area contributed by atoms with Gasteiger partial charge in [-0.25, -0.2) is 0 Å². The van der Waals surface area contributed by atoms with Crippen molar-refractivity contribution in [2.24, 2.45) is 0 Å². The van der Waals surface area contributed by atoms with Crippen LogP contribution in [0.5, 0.6) is 0 Å². The molecule has 6 rings (SSSR count). The van der Waals surface area contributed by atoms with E-state index in [0.29, 0.717) is 0 Å². The maximum atomic E-state index is 3.76. The molecular weight excluding hydrogens is 338 g/mol. The highest BCUT2D eigenvalue weighted by Gasteiger charge is 2.18. The third kappa shape index (κ3) is 1.95. The molecule has 2 heterocycles. The first-order valence-corrected chi connectivity index (χ1v) is 9.73. The Morgan fingerprint density at radius 3 is 2.00 bits per heavy atom. The van der Waals surface area contributed by atoms with E-state index in [-0.39, 0.29) is 0 Å². The number of benzene rings is 4. The van der Waals surface area contributed by atoms with Gasteiger partial charge in [0.2, 0.25) is 0 Å². The molecule has 0 atom stereocenters. The van der Waals surface area contributed by atoms with Gasteiger partial charge in [-0.05, 0) is 12.1 Å². The fourth-order valence-corrected chi connectivity index (χ4v) is 4.70. The molecule has 0 aliphatic heterocycles. The van der Waals surface area contributed by atoms with Gasteiger partial charge in [0.15, 0.2) is 0 Å². The Balaban J connectivity index is 1.94. The second-order valence-corrected chi connectivity index (χ2v) is 7.65. The average Bonchev–Trinajstić information content (AvgIpc) is 3.26. The van der Waals surface area contributed by atoms with Crippen LogP contribution in [0.3, 0.4) is 0 Å². The van der Waals surface area contributed by atoms with Crippen LogP contribution in [0.25, 0.3) is 49.3 Å². The van der Waals surface area contributed by atoms with Crippen LogP contribution in [0.1, 0.15) is 0 Å². The number of nitrogens with zero attached hydrogens (tertiary/aromatic N) is 1. The minimum atomic E-state index is 1.19. The number of hydrogen-bond donors (Lipinski definition) is 1. The molecule has 130 valence electrons. The third-order valence-corrected chi connectivity index (χ3v) is 5.98. The lowest BCUT2D eigenvalue weighted by Gasteiger charge is -2.10. The molecule has 0 bridgehead atoms. The molecule has 28 heavy (non-hydrogen) atoms. The second-order valence-electron chi connectivity index (χ2n) is 7.65. The molecular formula is C24H18B2N2. The zero-order chi connectivity index (χ0) is 18.8. The normalized spacial score (nSPS) is 11.9. The first-order chi connectivity index (χ1) is 13.7. The molecule has 0 radical (unpaired) electrons. The number of H-pyrrole nitrogens is 1. The molecule has 6 aromatic rings. The predicted octanol–water partition coefficient (Wildman–Crippen LogP) is 2.94. The molecule has 0 aliphatic rings. The Labute approximate surface area is 164 Å². The van der Waals surface area contributed by atoms with Crippen molar-refractivity contribution in [2.75, 3.05) is 0 Å². The van der Waals surface area contributed by atoms with Crippen molar-refractivity contribution >= 4 is 70.2 Å². The van der Waals surface area contributed by atoms with Crippen LogP contribution in [-0.4, -0.2) is 25.2 Å². The number of para-hydroxylation sites is 3. The van der Waals surface area contributed by atoms with Gasteiger partial charge in [0.1, 0.15) is 15.7 Å². The molecule has 0 amide bonds. The van der Waals surface area contributed by atoms with Gasteiger partial charge in [-0.2, -0.15) is 0 Å². The van der Waals surface area contributed by atoms with Crippen LogP contribution < -0.4 is 10.9 Å². The van der Waals surface area contributed by atoms with Crippen LogP contribution in [0.4, 0.5) is 0 Å². The van der Waals surface area contributed by atoms with Gasteiger partial charge in [0, 0.05) is 38.3 Å². The largest absolute Gasteiger partial charge is 0.353 e. The van der Waals surface area contributed by atoms with Crippen molar-refractivity contribution in [1.82, 2.24) is 9.55 Å². The summed E-state index contributed by atoms with van der Waals surface area (Å²) >= 11 is 0. The molecule has 2 aromatic heterocycles. The van der Waals surface area contributed by atoms with Crippen molar-refractivity contribution < 1.29 is 0 Å². The van der Waals surface area contributed by atoms with Gasteiger partial charge in [-0.15, -0.1) is 0 Å². The first kappa shape index (κ1) is 15.6. The van der Waals surface area contributed by atoms with Crippen LogP contribution in [0.15, 0.2) is 78.9 Å². The molecule has 0 spiro atoms. The third-order valence-electron chi connectivity index (χ3n) is 5.98. The summed E-state index contributed by atoms with van der Waals surface area (Å²) in [5, 5.41) is 5.16. The Hall–Kier alpha value is -3.39. The molecule has 4 aromatic carbocycles. The summed E-state index contributed by atoms with van der Waals surface area (Å²) in [7, 11) is 4.37. The van der Waals surface area contributed by atoms with Crippen LogP contribution in [0.2, 0.25) is 0 Å². The van der Waals surface area contributed by atoms with E-state index in [1.807, 2.05) is 0 Å². The zero-order valence-electron chi connectivity index (χ0n) is 16.0. The van der Waals surface area contributed by atoms with E-state index >= 15 is 0 Å². The van der Waals surface area contributed by atoms with Gasteiger partial charge in [0.25, 0.3) is 0 Å². The number of hydrogen-bond acceptors (Lipinski definition) is 0. The number of rotatable bonds is 1. The maximum Gasteiger partial charge on any atom is 0.142 e. The Kier molecular flexibility index (Phi) is 3.10. The van der Waals surface area contributed by atoms with E-state index in [9.17, 15) is 0 Å². The molecule has 2 nitrogen and oxygen atoms in total.